The Bertz CT molecular complexity index is 252. The van der Waals surface area contributed by atoms with Crippen molar-refractivity contribution in [3.8, 4) is 0 Å². The Hall–Kier alpha value is 0.620. The summed E-state index contributed by atoms with van der Waals surface area (Å²) in [6.45, 7) is 19.5. The molecule has 0 radical (unpaired) electrons. The molecule has 0 saturated heterocycles. The van der Waals surface area contributed by atoms with E-state index in [4.69, 9.17) is 0 Å². The van der Waals surface area contributed by atoms with Crippen LogP contribution >= 0.6 is 25.3 Å². The van der Waals surface area contributed by atoms with Gasteiger partial charge in [-0.15, -0.1) is 0 Å². The molecule has 0 aliphatic rings. The van der Waals surface area contributed by atoms with Crippen LogP contribution in [0.3, 0.4) is 0 Å². The smallest absolute Gasteiger partial charge is 0.0252 e. The van der Waals surface area contributed by atoms with Gasteiger partial charge in [-0.3, -0.25) is 0 Å². The fraction of sp³-hybridized carbons (Fsp3) is 1.00. The molecule has 0 aliphatic carbocycles. The van der Waals surface area contributed by atoms with E-state index in [1.54, 1.807) is 0 Å². The van der Waals surface area contributed by atoms with Gasteiger partial charge in [0, 0.05) is 34.7 Å². The zero-order valence-electron chi connectivity index (χ0n) is 13.9. The summed E-state index contributed by atoms with van der Waals surface area (Å²) < 4.78 is 0.0732. The highest BCUT2D eigenvalue weighted by atomic mass is 32.1. The van der Waals surface area contributed by atoms with Crippen LogP contribution < -0.4 is 5.32 Å². The molecule has 0 aromatic carbocycles. The van der Waals surface area contributed by atoms with Gasteiger partial charge in [0.15, 0.2) is 0 Å². The van der Waals surface area contributed by atoms with E-state index in [2.05, 4.69) is 83.9 Å². The first-order chi connectivity index (χ1) is 8.35. The molecular weight excluding hydrogens is 272 g/mol. The van der Waals surface area contributed by atoms with Crippen molar-refractivity contribution in [2.24, 2.45) is 0 Å². The Morgan fingerprint density at radius 1 is 0.895 bits per heavy atom. The quantitative estimate of drug-likeness (QED) is 0.565. The van der Waals surface area contributed by atoms with Crippen LogP contribution in [-0.2, 0) is 0 Å². The van der Waals surface area contributed by atoms with Gasteiger partial charge in [-0.25, -0.2) is 0 Å². The summed E-state index contributed by atoms with van der Waals surface area (Å²) in [4.78, 5) is 2.51. The summed E-state index contributed by atoms with van der Waals surface area (Å²) in [6.07, 6.45) is 1.18. The van der Waals surface area contributed by atoms with Gasteiger partial charge in [-0.05, 0) is 54.5 Å². The van der Waals surface area contributed by atoms with Crippen molar-refractivity contribution >= 4 is 25.3 Å². The minimum absolute atomic E-state index is 0.0235. The third kappa shape index (κ3) is 12.1. The Morgan fingerprint density at radius 3 is 1.79 bits per heavy atom. The van der Waals surface area contributed by atoms with Gasteiger partial charge >= 0.3 is 0 Å². The van der Waals surface area contributed by atoms with Gasteiger partial charge in [0.05, 0.1) is 0 Å². The maximum Gasteiger partial charge on any atom is 0.0252 e. The molecule has 116 valence electrons. The van der Waals surface area contributed by atoms with Crippen LogP contribution in [0.1, 0.15) is 54.9 Å². The Morgan fingerprint density at radius 2 is 1.42 bits per heavy atom. The number of rotatable bonds is 9. The monoisotopic (exact) mass is 306 g/mol. The standard InChI is InChI=1S/C15H34N2S2/c1-8-9-17(12-15(6,7)19)11-13(2,3)16-10-14(4,5)18/h16,18-19H,8-12H2,1-7H3. The first kappa shape index (κ1) is 19.6. The SMILES string of the molecule is CCCN(CC(C)(C)S)CC(C)(C)NCC(C)(C)S. The van der Waals surface area contributed by atoms with Crippen molar-refractivity contribution in [1.29, 1.82) is 0 Å². The molecule has 0 aromatic rings. The molecule has 0 spiro atoms. The molecular formula is C15H34N2S2. The molecule has 0 atom stereocenters. The number of hydrogen-bond acceptors (Lipinski definition) is 4. The number of hydrogen-bond donors (Lipinski definition) is 3. The molecule has 0 amide bonds. The second-order valence-electron chi connectivity index (χ2n) is 7.57. The van der Waals surface area contributed by atoms with Gasteiger partial charge in [-0.2, -0.15) is 25.3 Å². The number of thiol groups is 2. The molecule has 2 nitrogen and oxygen atoms in total. The lowest BCUT2D eigenvalue weighted by atomic mass is 10.0. The maximum atomic E-state index is 4.66. The van der Waals surface area contributed by atoms with E-state index in [1.165, 1.54) is 6.42 Å². The van der Waals surface area contributed by atoms with E-state index >= 15 is 0 Å². The molecule has 0 aliphatic heterocycles. The fourth-order valence-electron chi connectivity index (χ4n) is 2.15. The van der Waals surface area contributed by atoms with Gasteiger partial charge in [0.1, 0.15) is 0 Å². The summed E-state index contributed by atoms with van der Waals surface area (Å²) in [6, 6.07) is 0. The predicted molar refractivity (Wildman–Crippen MR) is 94.9 cm³/mol. The van der Waals surface area contributed by atoms with Gasteiger partial charge in [-0.1, -0.05) is 6.92 Å². The molecule has 0 rings (SSSR count). The highest BCUT2D eigenvalue weighted by molar-refractivity contribution is 7.82. The second-order valence-corrected chi connectivity index (χ2v) is 9.99. The highest BCUT2D eigenvalue weighted by Gasteiger charge is 2.26. The second kappa shape index (κ2) is 7.58. The number of nitrogens with zero attached hydrogens (tertiary/aromatic N) is 1. The Labute approximate surface area is 131 Å². The van der Waals surface area contributed by atoms with Gasteiger partial charge < -0.3 is 10.2 Å². The average Bonchev–Trinajstić information content (AvgIpc) is 2.11. The van der Waals surface area contributed by atoms with Crippen molar-refractivity contribution in [3.63, 3.8) is 0 Å². The van der Waals surface area contributed by atoms with Crippen molar-refractivity contribution in [2.45, 2.75) is 69.9 Å². The normalized spacial score (nSPS) is 14.2. The van der Waals surface area contributed by atoms with Crippen molar-refractivity contribution in [3.05, 3.63) is 0 Å². The van der Waals surface area contributed by atoms with Gasteiger partial charge in [0.2, 0.25) is 0 Å². The topological polar surface area (TPSA) is 15.3 Å². The molecule has 0 bridgehead atoms. The van der Waals surface area contributed by atoms with Crippen molar-refractivity contribution in [1.82, 2.24) is 10.2 Å². The third-order valence-corrected chi connectivity index (χ3v) is 3.07. The van der Waals surface area contributed by atoms with Crippen LogP contribution in [0.4, 0.5) is 0 Å². The van der Waals surface area contributed by atoms with Crippen LogP contribution in [0, 0.1) is 0 Å². The summed E-state index contributed by atoms with van der Waals surface area (Å²) in [5.74, 6) is 0. The Balaban J connectivity index is 4.46. The molecule has 0 aromatic heterocycles. The van der Waals surface area contributed by atoms with Crippen molar-refractivity contribution < 1.29 is 0 Å². The highest BCUT2D eigenvalue weighted by Crippen LogP contribution is 2.17. The summed E-state index contributed by atoms with van der Waals surface area (Å²) in [5.41, 5.74) is 0.0915. The minimum Gasteiger partial charge on any atom is -0.309 e. The van der Waals surface area contributed by atoms with Crippen molar-refractivity contribution in [2.75, 3.05) is 26.2 Å². The molecule has 0 saturated carbocycles. The zero-order chi connectivity index (χ0) is 15.3. The first-order valence-corrected chi connectivity index (χ1v) is 8.16. The van der Waals surface area contributed by atoms with Crippen LogP contribution in [0.5, 0.6) is 0 Å². The number of nitrogens with one attached hydrogen (secondary N) is 1. The van der Waals surface area contributed by atoms with Crippen LogP contribution in [0.25, 0.3) is 0 Å². The van der Waals surface area contributed by atoms with Crippen LogP contribution in [-0.4, -0.2) is 46.1 Å². The summed E-state index contributed by atoms with van der Waals surface area (Å²) in [7, 11) is 0. The fourth-order valence-corrected chi connectivity index (χ4v) is 2.43. The lowest BCUT2D eigenvalue weighted by molar-refractivity contribution is 0.188. The van der Waals surface area contributed by atoms with Crippen LogP contribution in [0.15, 0.2) is 0 Å². The van der Waals surface area contributed by atoms with Gasteiger partial charge in [0.25, 0.3) is 0 Å². The van der Waals surface area contributed by atoms with E-state index in [0.717, 1.165) is 26.2 Å². The Kier molecular flexibility index (Phi) is 7.83. The van der Waals surface area contributed by atoms with Crippen LogP contribution in [0.2, 0.25) is 0 Å². The van der Waals surface area contributed by atoms with E-state index in [9.17, 15) is 0 Å². The first-order valence-electron chi connectivity index (χ1n) is 7.27. The molecule has 4 heteroatoms. The third-order valence-electron chi connectivity index (χ3n) is 2.77. The van der Waals surface area contributed by atoms with E-state index in [1.807, 2.05) is 0 Å². The van der Waals surface area contributed by atoms with E-state index in [0.29, 0.717) is 0 Å². The minimum atomic E-state index is 0.0235. The molecule has 0 heterocycles. The maximum absolute atomic E-state index is 4.66. The summed E-state index contributed by atoms with van der Waals surface area (Å²) in [5, 5.41) is 3.63. The van der Waals surface area contributed by atoms with E-state index < -0.39 is 0 Å². The predicted octanol–water partition coefficient (Wildman–Crippen LogP) is 3.48. The molecule has 1 N–H and O–H groups in total. The summed E-state index contributed by atoms with van der Waals surface area (Å²) >= 11 is 9.24. The zero-order valence-corrected chi connectivity index (χ0v) is 15.7. The lowest BCUT2D eigenvalue weighted by Crippen LogP contribution is -2.53. The largest absolute Gasteiger partial charge is 0.309 e. The molecule has 0 fully saturated rings. The molecule has 0 unspecified atom stereocenters. The van der Waals surface area contributed by atoms with E-state index in [-0.39, 0.29) is 15.0 Å². The molecule has 19 heavy (non-hydrogen) atoms. The lowest BCUT2D eigenvalue weighted by Gasteiger charge is -2.37. The average molecular weight is 307 g/mol.